The van der Waals surface area contributed by atoms with Gasteiger partial charge in [0.25, 0.3) is 0 Å². The SMILES string of the molecule is CCN1CCC(F)(C(=O)Cc2cc3cc(-c4cn(C)nn4)cnc3cn2)CC1. The standard InChI is InChI=1S/C20H23FN6O/c1-3-27-6-4-20(21,5-7-27)19(28)10-16-9-14-8-15(11-23-17(14)12-22-16)18-13-26(2)25-24-18/h8-9,11-13H,3-7,10H2,1-2H3. The van der Waals surface area contributed by atoms with Crippen molar-refractivity contribution >= 4 is 16.7 Å². The highest BCUT2D eigenvalue weighted by Crippen LogP contribution is 2.29. The molecular weight excluding hydrogens is 359 g/mol. The number of likely N-dealkylation sites (tertiary alicyclic amines) is 1. The quantitative estimate of drug-likeness (QED) is 0.674. The van der Waals surface area contributed by atoms with Gasteiger partial charge < -0.3 is 4.90 Å². The van der Waals surface area contributed by atoms with Crippen LogP contribution in [0.15, 0.2) is 30.7 Å². The number of halogens is 1. The third-order valence-electron chi connectivity index (χ3n) is 5.46. The lowest BCUT2D eigenvalue weighted by Crippen LogP contribution is -2.47. The number of nitrogens with zero attached hydrogens (tertiary/aromatic N) is 6. The molecule has 0 N–H and O–H groups in total. The fourth-order valence-electron chi connectivity index (χ4n) is 3.62. The molecule has 3 aromatic rings. The number of aryl methyl sites for hydroxylation is 1. The Morgan fingerprint density at radius 1 is 1.21 bits per heavy atom. The number of alkyl halides is 1. The summed E-state index contributed by atoms with van der Waals surface area (Å²) in [5.74, 6) is -0.381. The molecule has 1 saturated heterocycles. The molecule has 1 aliphatic rings. The van der Waals surface area contributed by atoms with Crippen molar-refractivity contribution in [3.8, 4) is 11.3 Å². The number of carbonyl (C=O) groups is 1. The Balaban J connectivity index is 1.54. The first-order valence-corrected chi connectivity index (χ1v) is 9.53. The van der Waals surface area contributed by atoms with E-state index in [2.05, 4.69) is 32.1 Å². The van der Waals surface area contributed by atoms with Crippen molar-refractivity contribution in [1.82, 2.24) is 29.9 Å². The van der Waals surface area contributed by atoms with E-state index in [0.717, 1.165) is 28.7 Å². The van der Waals surface area contributed by atoms with Gasteiger partial charge in [-0.1, -0.05) is 12.1 Å². The lowest BCUT2D eigenvalue weighted by atomic mass is 9.87. The van der Waals surface area contributed by atoms with Gasteiger partial charge in [-0.15, -0.1) is 5.10 Å². The zero-order valence-corrected chi connectivity index (χ0v) is 16.1. The van der Waals surface area contributed by atoms with Crippen molar-refractivity contribution in [2.24, 2.45) is 7.05 Å². The molecule has 0 unspecified atom stereocenters. The van der Waals surface area contributed by atoms with Crippen LogP contribution in [0.2, 0.25) is 0 Å². The van der Waals surface area contributed by atoms with Gasteiger partial charge in [-0.05, 0) is 18.7 Å². The van der Waals surface area contributed by atoms with Crippen molar-refractivity contribution < 1.29 is 9.18 Å². The number of piperidine rings is 1. The second kappa shape index (κ2) is 7.35. The van der Waals surface area contributed by atoms with Crippen molar-refractivity contribution in [3.05, 3.63) is 36.4 Å². The van der Waals surface area contributed by atoms with Crippen molar-refractivity contribution in [1.29, 1.82) is 0 Å². The number of pyridine rings is 2. The summed E-state index contributed by atoms with van der Waals surface area (Å²) < 4.78 is 16.8. The molecule has 3 aromatic heterocycles. The molecule has 8 heteroatoms. The normalized spacial score (nSPS) is 17.1. The van der Waals surface area contributed by atoms with E-state index in [4.69, 9.17) is 0 Å². The third-order valence-corrected chi connectivity index (χ3v) is 5.46. The van der Waals surface area contributed by atoms with Gasteiger partial charge in [0.1, 0.15) is 5.69 Å². The zero-order chi connectivity index (χ0) is 19.7. The summed E-state index contributed by atoms with van der Waals surface area (Å²) in [6.07, 6.45) is 5.66. The average molecular weight is 382 g/mol. The average Bonchev–Trinajstić information content (AvgIpc) is 3.14. The lowest BCUT2D eigenvalue weighted by molar-refractivity contribution is -0.133. The number of carbonyl (C=O) groups excluding carboxylic acids is 1. The fourth-order valence-corrected chi connectivity index (χ4v) is 3.62. The lowest BCUT2D eigenvalue weighted by Gasteiger charge is -2.34. The van der Waals surface area contributed by atoms with Crippen LogP contribution in [-0.2, 0) is 18.3 Å². The summed E-state index contributed by atoms with van der Waals surface area (Å²) in [6, 6.07) is 3.75. The summed E-state index contributed by atoms with van der Waals surface area (Å²) in [5.41, 5.74) is 1.08. The van der Waals surface area contributed by atoms with E-state index in [0.29, 0.717) is 18.8 Å². The van der Waals surface area contributed by atoms with Gasteiger partial charge in [0, 0.05) is 55.8 Å². The molecule has 4 heterocycles. The minimum absolute atomic E-state index is 0.00602. The van der Waals surface area contributed by atoms with Gasteiger partial charge in [-0.25, -0.2) is 4.39 Å². The largest absolute Gasteiger partial charge is 0.303 e. The number of hydrogen-bond donors (Lipinski definition) is 0. The number of aromatic nitrogens is 5. The van der Waals surface area contributed by atoms with Gasteiger partial charge in [0.2, 0.25) is 0 Å². The molecule has 146 valence electrons. The first-order chi connectivity index (χ1) is 13.5. The molecule has 0 atom stereocenters. The van der Waals surface area contributed by atoms with E-state index < -0.39 is 5.67 Å². The molecule has 0 radical (unpaired) electrons. The molecule has 0 amide bonds. The fraction of sp³-hybridized carbons (Fsp3) is 0.450. The third kappa shape index (κ3) is 3.64. The first-order valence-electron chi connectivity index (χ1n) is 9.53. The van der Waals surface area contributed by atoms with E-state index in [9.17, 15) is 4.79 Å². The highest BCUT2D eigenvalue weighted by molar-refractivity contribution is 5.90. The summed E-state index contributed by atoms with van der Waals surface area (Å²) >= 11 is 0. The highest BCUT2D eigenvalue weighted by Gasteiger charge is 2.40. The molecule has 4 rings (SSSR count). The maximum atomic E-state index is 15.1. The van der Waals surface area contributed by atoms with Crippen LogP contribution in [0.4, 0.5) is 4.39 Å². The van der Waals surface area contributed by atoms with Gasteiger partial charge in [0.05, 0.1) is 24.3 Å². The van der Waals surface area contributed by atoms with Gasteiger partial charge in [-0.3, -0.25) is 19.4 Å². The van der Waals surface area contributed by atoms with E-state index in [1.165, 1.54) is 0 Å². The second-order valence-corrected chi connectivity index (χ2v) is 7.37. The van der Waals surface area contributed by atoms with E-state index in [1.807, 2.05) is 18.3 Å². The summed E-state index contributed by atoms with van der Waals surface area (Å²) in [7, 11) is 1.80. The molecule has 28 heavy (non-hydrogen) atoms. The number of ketones is 1. The summed E-state index contributed by atoms with van der Waals surface area (Å²) in [6.45, 7) is 4.18. The van der Waals surface area contributed by atoms with Crippen LogP contribution in [0.25, 0.3) is 22.2 Å². The second-order valence-electron chi connectivity index (χ2n) is 7.37. The number of fused-ring (bicyclic) bond motifs is 1. The minimum Gasteiger partial charge on any atom is -0.303 e. The summed E-state index contributed by atoms with van der Waals surface area (Å²) in [4.78, 5) is 23.5. The van der Waals surface area contributed by atoms with Crippen LogP contribution in [0.1, 0.15) is 25.5 Å². The highest BCUT2D eigenvalue weighted by atomic mass is 19.1. The summed E-state index contributed by atoms with van der Waals surface area (Å²) in [5, 5.41) is 8.88. The van der Waals surface area contributed by atoms with Crippen LogP contribution in [0.3, 0.4) is 0 Å². The molecule has 1 fully saturated rings. The smallest absolute Gasteiger partial charge is 0.175 e. The predicted octanol–water partition coefficient (Wildman–Crippen LogP) is 2.36. The maximum absolute atomic E-state index is 15.1. The Morgan fingerprint density at radius 2 is 2.00 bits per heavy atom. The van der Waals surface area contributed by atoms with Gasteiger partial charge >= 0.3 is 0 Å². The Hall–Kier alpha value is -2.74. The van der Waals surface area contributed by atoms with Crippen LogP contribution in [-0.4, -0.2) is 60.9 Å². The monoisotopic (exact) mass is 382 g/mol. The first kappa shape index (κ1) is 18.6. The molecule has 0 aliphatic carbocycles. The van der Waals surface area contributed by atoms with E-state index in [-0.39, 0.29) is 25.0 Å². The zero-order valence-electron chi connectivity index (χ0n) is 16.1. The van der Waals surface area contributed by atoms with Crippen LogP contribution in [0.5, 0.6) is 0 Å². The minimum atomic E-state index is -1.75. The topological polar surface area (TPSA) is 76.8 Å². The molecule has 1 aliphatic heterocycles. The van der Waals surface area contributed by atoms with E-state index >= 15 is 4.39 Å². The van der Waals surface area contributed by atoms with Crippen LogP contribution < -0.4 is 0 Å². The molecule has 7 nitrogen and oxygen atoms in total. The Labute approximate surface area is 162 Å². The van der Waals surface area contributed by atoms with Gasteiger partial charge in [-0.2, -0.15) is 0 Å². The van der Waals surface area contributed by atoms with Crippen LogP contribution >= 0.6 is 0 Å². The molecule has 0 bridgehead atoms. The molecule has 0 spiro atoms. The predicted molar refractivity (Wildman–Crippen MR) is 103 cm³/mol. The van der Waals surface area contributed by atoms with Gasteiger partial charge in [0.15, 0.2) is 11.5 Å². The number of hydrogen-bond acceptors (Lipinski definition) is 6. The van der Waals surface area contributed by atoms with Crippen molar-refractivity contribution in [3.63, 3.8) is 0 Å². The number of Topliss-reactive ketones (excluding diaryl/α,β-unsaturated/α-hetero) is 1. The molecule has 0 aromatic carbocycles. The molecule has 0 saturated carbocycles. The van der Waals surface area contributed by atoms with E-state index in [1.54, 1.807) is 24.1 Å². The van der Waals surface area contributed by atoms with Crippen LogP contribution in [0, 0.1) is 0 Å². The maximum Gasteiger partial charge on any atom is 0.175 e. The Kier molecular flexibility index (Phi) is 4.89. The molecular formula is C20H23FN6O. The number of rotatable bonds is 5. The Morgan fingerprint density at radius 3 is 2.68 bits per heavy atom. The van der Waals surface area contributed by atoms with Crippen molar-refractivity contribution in [2.45, 2.75) is 31.9 Å². The van der Waals surface area contributed by atoms with Crippen molar-refractivity contribution in [2.75, 3.05) is 19.6 Å². The Bertz CT molecular complexity index is 1010.